The molecule has 0 aliphatic rings. The first kappa shape index (κ1) is 12.2. The van der Waals surface area contributed by atoms with Crippen molar-refractivity contribution in [1.82, 2.24) is 14.6 Å². The number of benzene rings is 1. The zero-order valence-electron chi connectivity index (χ0n) is 10.3. The van der Waals surface area contributed by atoms with Crippen LogP contribution in [0.25, 0.3) is 5.65 Å². The second kappa shape index (κ2) is 5.01. The van der Waals surface area contributed by atoms with Gasteiger partial charge < -0.3 is 5.73 Å². The van der Waals surface area contributed by atoms with Crippen LogP contribution in [0, 0.1) is 0 Å². The standard InChI is InChI=1S/C14H13BrN4/c15-11-4-8-14-18-17-13(19(14)9-11)7-3-10-1-5-12(16)6-2-10/h1-2,4-6,8-9H,3,7,16H2. The van der Waals surface area contributed by atoms with Crippen molar-refractivity contribution in [3.8, 4) is 0 Å². The molecule has 0 aliphatic heterocycles. The molecule has 3 aromatic rings. The summed E-state index contributed by atoms with van der Waals surface area (Å²) in [6.45, 7) is 0. The van der Waals surface area contributed by atoms with Crippen LogP contribution in [0.3, 0.4) is 0 Å². The molecular formula is C14H13BrN4. The Morgan fingerprint density at radius 1 is 1.00 bits per heavy atom. The lowest BCUT2D eigenvalue weighted by Gasteiger charge is -2.02. The number of anilines is 1. The highest BCUT2D eigenvalue weighted by atomic mass is 79.9. The van der Waals surface area contributed by atoms with Gasteiger partial charge in [-0.15, -0.1) is 10.2 Å². The summed E-state index contributed by atoms with van der Waals surface area (Å²) in [6.07, 6.45) is 3.77. The molecule has 96 valence electrons. The smallest absolute Gasteiger partial charge is 0.160 e. The Morgan fingerprint density at radius 3 is 2.58 bits per heavy atom. The van der Waals surface area contributed by atoms with E-state index in [9.17, 15) is 0 Å². The monoisotopic (exact) mass is 316 g/mol. The van der Waals surface area contributed by atoms with Crippen LogP contribution >= 0.6 is 15.9 Å². The predicted octanol–water partition coefficient (Wildman–Crippen LogP) is 2.86. The quantitative estimate of drug-likeness (QED) is 0.756. The lowest BCUT2D eigenvalue weighted by Crippen LogP contribution is -1.98. The summed E-state index contributed by atoms with van der Waals surface area (Å²) in [4.78, 5) is 0. The van der Waals surface area contributed by atoms with Crippen molar-refractivity contribution in [2.75, 3.05) is 5.73 Å². The molecule has 3 rings (SSSR count). The summed E-state index contributed by atoms with van der Waals surface area (Å²) in [5.74, 6) is 0.966. The Hall–Kier alpha value is -1.88. The Balaban J connectivity index is 1.81. The number of aryl methyl sites for hydroxylation is 2. The summed E-state index contributed by atoms with van der Waals surface area (Å²) in [5, 5.41) is 8.39. The summed E-state index contributed by atoms with van der Waals surface area (Å²) in [5.41, 5.74) is 8.59. The van der Waals surface area contributed by atoms with Crippen LogP contribution < -0.4 is 5.73 Å². The third-order valence-corrected chi connectivity index (χ3v) is 3.52. The number of nitrogen functional groups attached to an aromatic ring is 1. The highest BCUT2D eigenvalue weighted by molar-refractivity contribution is 9.10. The number of hydrogen-bond acceptors (Lipinski definition) is 3. The van der Waals surface area contributed by atoms with E-state index in [0.29, 0.717) is 0 Å². The number of rotatable bonds is 3. The molecule has 0 bridgehead atoms. The lowest BCUT2D eigenvalue weighted by atomic mass is 10.1. The van der Waals surface area contributed by atoms with Crippen molar-refractivity contribution in [1.29, 1.82) is 0 Å². The molecule has 0 atom stereocenters. The zero-order valence-corrected chi connectivity index (χ0v) is 11.8. The van der Waals surface area contributed by atoms with Crippen molar-refractivity contribution in [3.05, 3.63) is 58.5 Å². The van der Waals surface area contributed by atoms with Gasteiger partial charge in [0, 0.05) is 22.8 Å². The molecule has 1 aromatic carbocycles. The maximum absolute atomic E-state index is 5.68. The zero-order chi connectivity index (χ0) is 13.2. The number of halogens is 1. The van der Waals surface area contributed by atoms with Crippen molar-refractivity contribution in [2.45, 2.75) is 12.8 Å². The number of nitrogens with zero attached hydrogens (tertiary/aromatic N) is 3. The van der Waals surface area contributed by atoms with E-state index >= 15 is 0 Å². The molecule has 0 spiro atoms. The summed E-state index contributed by atoms with van der Waals surface area (Å²) >= 11 is 3.46. The number of fused-ring (bicyclic) bond motifs is 1. The number of nitrogens with two attached hydrogens (primary N) is 1. The van der Waals surface area contributed by atoms with Gasteiger partial charge in [0.2, 0.25) is 0 Å². The Bertz CT molecular complexity index is 703. The number of hydrogen-bond donors (Lipinski definition) is 1. The maximum Gasteiger partial charge on any atom is 0.160 e. The van der Waals surface area contributed by atoms with Crippen molar-refractivity contribution < 1.29 is 0 Å². The first-order valence-corrected chi connectivity index (χ1v) is 6.85. The van der Waals surface area contributed by atoms with E-state index in [0.717, 1.165) is 34.5 Å². The molecule has 0 fully saturated rings. The van der Waals surface area contributed by atoms with Gasteiger partial charge in [0.25, 0.3) is 0 Å². The van der Waals surface area contributed by atoms with Crippen LogP contribution in [0.5, 0.6) is 0 Å². The summed E-state index contributed by atoms with van der Waals surface area (Å²) in [6, 6.07) is 11.9. The first-order chi connectivity index (χ1) is 9.22. The van der Waals surface area contributed by atoms with Crippen molar-refractivity contribution in [3.63, 3.8) is 0 Å². The average molecular weight is 317 g/mol. The van der Waals surface area contributed by atoms with Crippen LogP contribution in [-0.4, -0.2) is 14.6 Å². The van der Waals surface area contributed by atoms with Gasteiger partial charge in [-0.3, -0.25) is 4.40 Å². The number of aromatic nitrogens is 3. The minimum atomic E-state index is 0.792. The molecule has 0 amide bonds. The van der Waals surface area contributed by atoms with E-state index in [4.69, 9.17) is 5.73 Å². The van der Waals surface area contributed by atoms with Gasteiger partial charge in [-0.05, 0) is 52.2 Å². The van der Waals surface area contributed by atoms with E-state index in [1.54, 1.807) is 0 Å². The van der Waals surface area contributed by atoms with Crippen LogP contribution in [0.4, 0.5) is 5.69 Å². The Morgan fingerprint density at radius 2 is 1.79 bits per heavy atom. The first-order valence-electron chi connectivity index (χ1n) is 6.06. The molecule has 2 heterocycles. The molecule has 0 saturated heterocycles. The van der Waals surface area contributed by atoms with E-state index in [1.807, 2.05) is 34.9 Å². The highest BCUT2D eigenvalue weighted by Crippen LogP contribution is 2.14. The van der Waals surface area contributed by atoms with Gasteiger partial charge in [0.05, 0.1) is 0 Å². The third-order valence-electron chi connectivity index (χ3n) is 3.05. The molecule has 2 aromatic heterocycles. The SMILES string of the molecule is Nc1ccc(CCc2nnc3ccc(Br)cn23)cc1. The lowest BCUT2D eigenvalue weighted by molar-refractivity contribution is 0.838. The van der Waals surface area contributed by atoms with Gasteiger partial charge in [-0.2, -0.15) is 0 Å². The fourth-order valence-corrected chi connectivity index (χ4v) is 2.36. The predicted molar refractivity (Wildman–Crippen MR) is 78.9 cm³/mol. The van der Waals surface area contributed by atoms with Gasteiger partial charge in [-0.1, -0.05) is 12.1 Å². The van der Waals surface area contributed by atoms with E-state index in [2.05, 4.69) is 38.3 Å². The Labute approximate surface area is 119 Å². The molecule has 19 heavy (non-hydrogen) atoms. The molecular weight excluding hydrogens is 304 g/mol. The highest BCUT2D eigenvalue weighted by Gasteiger charge is 2.05. The topological polar surface area (TPSA) is 56.2 Å². The van der Waals surface area contributed by atoms with Gasteiger partial charge in [0.15, 0.2) is 5.65 Å². The molecule has 2 N–H and O–H groups in total. The minimum absolute atomic E-state index is 0.792. The molecule has 0 aliphatic carbocycles. The molecule has 5 heteroatoms. The minimum Gasteiger partial charge on any atom is -0.399 e. The average Bonchev–Trinajstić information content (AvgIpc) is 2.80. The fraction of sp³-hybridized carbons (Fsp3) is 0.143. The normalized spacial score (nSPS) is 11.0. The van der Waals surface area contributed by atoms with E-state index < -0.39 is 0 Å². The fourth-order valence-electron chi connectivity index (χ4n) is 2.02. The van der Waals surface area contributed by atoms with E-state index in [-0.39, 0.29) is 0 Å². The van der Waals surface area contributed by atoms with Gasteiger partial charge in [-0.25, -0.2) is 0 Å². The number of pyridine rings is 1. The summed E-state index contributed by atoms with van der Waals surface area (Å²) in [7, 11) is 0. The maximum atomic E-state index is 5.68. The third kappa shape index (κ3) is 2.61. The summed E-state index contributed by atoms with van der Waals surface area (Å²) < 4.78 is 3.04. The Kier molecular flexibility index (Phi) is 3.21. The molecule has 0 saturated carbocycles. The largest absolute Gasteiger partial charge is 0.399 e. The van der Waals surface area contributed by atoms with E-state index in [1.165, 1.54) is 5.56 Å². The molecule has 0 radical (unpaired) electrons. The molecule has 4 nitrogen and oxygen atoms in total. The van der Waals surface area contributed by atoms with Crippen LogP contribution in [-0.2, 0) is 12.8 Å². The van der Waals surface area contributed by atoms with Crippen molar-refractivity contribution >= 4 is 27.3 Å². The second-order valence-electron chi connectivity index (χ2n) is 4.43. The van der Waals surface area contributed by atoms with Crippen LogP contribution in [0.2, 0.25) is 0 Å². The van der Waals surface area contributed by atoms with Gasteiger partial charge >= 0.3 is 0 Å². The molecule has 0 unspecified atom stereocenters. The second-order valence-corrected chi connectivity index (χ2v) is 5.35. The van der Waals surface area contributed by atoms with Crippen LogP contribution in [0.15, 0.2) is 47.1 Å². The van der Waals surface area contributed by atoms with Crippen LogP contribution in [0.1, 0.15) is 11.4 Å². The van der Waals surface area contributed by atoms with Gasteiger partial charge in [0.1, 0.15) is 5.82 Å². The van der Waals surface area contributed by atoms with Crippen molar-refractivity contribution in [2.24, 2.45) is 0 Å².